The van der Waals surface area contributed by atoms with Gasteiger partial charge in [0, 0.05) is 25.0 Å². The van der Waals surface area contributed by atoms with E-state index in [0.717, 1.165) is 22.9 Å². The Bertz CT molecular complexity index is 848. The molecule has 0 spiro atoms. The minimum atomic E-state index is -0.103. The Labute approximate surface area is 155 Å². The summed E-state index contributed by atoms with van der Waals surface area (Å²) in [5, 5.41) is 3.52. The number of hydrogen-bond acceptors (Lipinski definition) is 7. The zero-order chi connectivity index (χ0) is 18.4. The monoisotopic (exact) mass is 372 g/mol. The molecule has 26 heavy (non-hydrogen) atoms. The van der Waals surface area contributed by atoms with E-state index in [2.05, 4.69) is 14.7 Å². The van der Waals surface area contributed by atoms with Crippen LogP contribution in [0.1, 0.15) is 17.1 Å². The zero-order valence-corrected chi connectivity index (χ0v) is 15.5. The first-order valence-electron chi connectivity index (χ1n) is 8.10. The van der Waals surface area contributed by atoms with Gasteiger partial charge in [-0.25, -0.2) is 4.98 Å². The average Bonchev–Trinajstić information content (AvgIpc) is 3.32. The Morgan fingerprint density at radius 2 is 2.23 bits per heavy atom. The predicted molar refractivity (Wildman–Crippen MR) is 99.5 cm³/mol. The molecule has 0 fully saturated rings. The number of methoxy groups -OCH3 is 1. The van der Waals surface area contributed by atoms with Crippen molar-refractivity contribution >= 4 is 22.6 Å². The van der Waals surface area contributed by atoms with E-state index in [1.807, 2.05) is 37.4 Å². The van der Waals surface area contributed by atoms with Gasteiger partial charge in [0.25, 0.3) is 0 Å². The Morgan fingerprint density at radius 3 is 3.00 bits per heavy atom. The van der Waals surface area contributed by atoms with Crippen LogP contribution in [0.25, 0.3) is 0 Å². The third-order valence-corrected chi connectivity index (χ3v) is 4.57. The fourth-order valence-electron chi connectivity index (χ4n) is 2.37. The summed E-state index contributed by atoms with van der Waals surface area (Å²) in [5.41, 5.74) is 1.08. The Hall–Kier alpha value is -2.87. The van der Waals surface area contributed by atoms with E-state index < -0.39 is 0 Å². The van der Waals surface area contributed by atoms with Crippen molar-refractivity contribution in [3.05, 3.63) is 59.8 Å². The van der Waals surface area contributed by atoms with Crippen LogP contribution in [0.15, 0.2) is 47.1 Å². The van der Waals surface area contributed by atoms with Gasteiger partial charge in [-0.1, -0.05) is 12.1 Å². The number of nitrogens with one attached hydrogen (secondary N) is 1. The van der Waals surface area contributed by atoms with Gasteiger partial charge in [0.2, 0.25) is 11.0 Å². The highest BCUT2D eigenvalue weighted by Crippen LogP contribution is 2.19. The lowest BCUT2D eigenvalue weighted by Crippen LogP contribution is -2.34. The van der Waals surface area contributed by atoms with Crippen LogP contribution in [0.3, 0.4) is 0 Å². The molecule has 2 heterocycles. The molecule has 7 nitrogen and oxygen atoms in total. The van der Waals surface area contributed by atoms with Crippen molar-refractivity contribution in [3.8, 4) is 5.75 Å². The number of rotatable bonds is 8. The minimum absolute atomic E-state index is 0.103. The highest BCUT2D eigenvalue weighted by atomic mass is 32.1. The van der Waals surface area contributed by atoms with Gasteiger partial charge in [-0.3, -0.25) is 4.79 Å². The quantitative estimate of drug-likeness (QED) is 0.654. The SMILES string of the molecule is COc1cccc(Cc2nsc(N(C)CC(=O)NCc3ccco3)n2)c1. The maximum atomic E-state index is 12.0. The molecule has 0 atom stereocenters. The van der Waals surface area contributed by atoms with Crippen molar-refractivity contribution in [2.24, 2.45) is 0 Å². The van der Waals surface area contributed by atoms with Gasteiger partial charge in [-0.2, -0.15) is 4.37 Å². The van der Waals surface area contributed by atoms with Gasteiger partial charge in [0.15, 0.2) is 0 Å². The third-order valence-electron chi connectivity index (χ3n) is 3.70. The second kappa shape index (κ2) is 8.48. The fourth-order valence-corrected chi connectivity index (χ4v) is 3.02. The number of hydrogen-bond donors (Lipinski definition) is 1. The summed E-state index contributed by atoms with van der Waals surface area (Å²) < 4.78 is 14.8. The summed E-state index contributed by atoms with van der Waals surface area (Å²) in [4.78, 5) is 18.3. The van der Waals surface area contributed by atoms with E-state index in [1.54, 1.807) is 24.3 Å². The molecule has 0 unspecified atom stereocenters. The fraction of sp³-hybridized carbons (Fsp3) is 0.278. The van der Waals surface area contributed by atoms with Gasteiger partial charge in [-0.15, -0.1) is 0 Å². The molecule has 0 saturated carbocycles. The van der Waals surface area contributed by atoms with Gasteiger partial charge in [0.1, 0.15) is 17.3 Å². The lowest BCUT2D eigenvalue weighted by atomic mass is 10.1. The normalized spacial score (nSPS) is 10.5. The topological polar surface area (TPSA) is 80.5 Å². The molecule has 1 N–H and O–H groups in total. The number of nitrogens with zero attached hydrogens (tertiary/aromatic N) is 3. The van der Waals surface area contributed by atoms with Crippen LogP contribution in [0.4, 0.5) is 5.13 Å². The van der Waals surface area contributed by atoms with E-state index in [9.17, 15) is 4.79 Å². The molecule has 0 aliphatic carbocycles. The smallest absolute Gasteiger partial charge is 0.239 e. The lowest BCUT2D eigenvalue weighted by molar-refractivity contribution is -0.120. The standard InChI is InChI=1S/C18H20N4O3S/c1-22(12-17(23)19-11-15-7-4-8-25-15)18-20-16(21-26-18)10-13-5-3-6-14(9-13)24-2/h3-9H,10-12H2,1-2H3,(H,19,23). The maximum absolute atomic E-state index is 12.0. The van der Waals surface area contributed by atoms with E-state index in [1.165, 1.54) is 11.5 Å². The van der Waals surface area contributed by atoms with Crippen LogP contribution in [-0.4, -0.2) is 36.0 Å². The van der Waals surface area contributed by atoms with Crippen LogP contribution in [0, 0.1) is 0 Å². The van der Waals surface area contributed by atoms with Crippen LogP contribution in [-0.2, 0) is 17.8 Å². The summed E-state index contributed by atoms with van der Waals surface area (Å²) >= 11 is 1.28. The molecule has 3 rings (SSSR count). The first-order valence-corrected chi connectivity index (χ1v) is 8.87. The minimum Gasteiger partial charge on any atom is -0.497 e. The van der Waals surface area contributed by atoms with Gasteiger partial charge < -0.3 is 19.4 Å². The molecule has 136 valence electrons. The second-order valence-electron chi connectivity index (χ2n) is 5.73. The summed E-state index contributed by atoms with van der Waals surface area (Å²) in [6.45, 7) is 0.575. The van der Waals surface area contributed by atoms with Crippen molar-refractivity contribution in [2.75, 3.05) is 25.6 Å². The number of amides is 1. The highest BCUT2D eigenvalue weighted by Gasteiger charge is 2.13. The Kier molecular flexibility index (Phi) is 5.85. The highest BCUT2D eigenvalue weighted by molar-refractivity contribution is 7.09. The summed E-state index contributed by atoms with van der Waals surface area (Å²) in [6.07, 6.45) is 2.20. The third kappa shape index (κ3) is 4.82. The number of carbonyl (C=O) groups is 1. The van der Waals surface area contributed by atoms with E-state index in [0.29, 0.717) is 18.1 Å². The molecule has 1 amide bonds. The zero-order valence-electron chi connectivity index (χ0n) is 14.6. The maximum Gasteiger partial charge on any atom is 0.239 e. The number of likely N-dealkylation sites (N-methyl/N-ethyl adjacent to an activating group) is 1. The van der Waals surface area contributed by atoms with Crippen molar-refractivity contribution in [3.63, 3.8) is 0 Å². The van der Waals surface area contributed by atoms with Crippen molar-refractivity contribution < 1.29 is 13.9 Å². The predicted octanol–water partition coefficient (Wildman–Crippen LogP) is 2.48. The van der Waals surface area contributed by atoms with Gasteiger partial charge >= 0.3 is 0 Å². The van der Waals surface area contributed by atoms with E-state index in [-0.39, 0.29) is 12.5 Å². The van der Waals surface area contributed by atoms with Crippen LogP contribution < -0.4 is 15.0 Å². The Balaban J connectivity index is 1.53. The summed E-state index contributed by atoms with van der Waals surface area (Å²) in [6, 6.07) is 11.4. The molecule has 0 aliphatic heterocycles. The number of aromatic nitrogens is 2. The molecule has 1 aromatic carbocycles. The van der Waals surface area contributed by atoms with Crippen LogP contribution >= 0.6 is 11.5 Å². The number of furan rings is 1. The first-order chi connectivity index (χ1) is 12.6. The number of anilines is 1. The van der Waals surface area contributed by atoms with Gasteiger partial charge in [-0.05, 0) is 29.8 Å². The van der Waals surface area contributed by atoms with Gasteiger partial charge in [0.05, 0.1) is 26.5 Å². The lowest BCUT2D eigenvalue weighted by Gasteiger charge is -2.14. The molecule has 2 aromatic heterocycles. The number of carbonyl (C=O) groups excluding carboxylic acids is 1. The van der Waals surface area contributed by atoms with E-state index in [4.69, 9.17) is 9.15 Å². The molecule has 3 aromatic rings. The molecule has 8 heteroatoms. The average molecular weight is 372 g/mol. The molecule has 0 aliphatic rings. The molecular formula is C18H20N4O3S. The Morgan fingerprint density at radius 1 is 1.35 bits per heavy atom. The molecular weight excluding hydrogens is 352 g/mol. The van der Waals surface area contributed by atoms with E-state index >= 15 is 0 Å². The second-order valence-corrected chi connectivity index (χ2v) is 6.46. The summed E-state index contributed by atoms with van der Waals surface area (Å²) in [5.74, 6) is 2.15. The summed E-state index contributed by atoms with van der Waals surface area (Å²) in [7, 11) is 3.46. The number of ether oxygens (including phenoxy) is 1. The molecule has 0 bridgehead atoms. The molecule has 0 saturated heterocycles. The van der Waals surface area contributed by atoms with Crippen molar-refractivity contribution in [1.29, 1.82) is 0 Å². The largest absolute Gasteiger partial charge is 0.497 e. The first kappa shape index (κ1) is 17.9. The molecule has 0 radical (unpaired) electrons. The van der Waals surface area contributed by atoms with Crippen molar-refractivity contribution in [1.82, 2.24) is 14.7 Å². The van der Waals surface area contributed by atoms with Crippen molar-refractivity contribution in [2.45, 2.75) is 13.0 Å². The van der Waals surface area contributed by atoms with Crippen LogP contribution in [0.5, 0.6) is 5.75 Å². The van der Waals surface area contributed by atoms with Crippen LogP contribution in [0.2, 0.25) is 0 Å². The number of benzene rings is 1.